The largest absolute Gasteiger partial charge is 0.495 e. The molecular weight excluding hydrogens is 324 g/mol. The number of hydrogen-bond donors (Lipinski definition) is 2. The Kier molecular flexibility index (Phi) is 5.68. The summed E-state index contributed by atoms with van der Waals surface area (Å²) < 4.78 is 5.13. The van der Waals surface area contributed by atoms with Gasteiger partial charge in [0.2, 0.25) is 0 Å². The van der Waals surface area contributed by atoms with Crippen LogP contribution >= 0.6 is 0 Å². The van der Waals surface area contributed by atoms with Gasteiger partial charge in [-0.1, -0.05) is 12.1 Å². The van der Waals surface area contributed by atoms with E-state index in [0.29, 0.717) is 17.1 Å². The van der Waals surface area contributed by atoms with Crippen LogP contribution in [0.4, 0.5) is 17.1 Å². The van der Waals surface area contributed by atoms with Crippen LogP contribution in [0.25, 0.3) is 0 Å². The first kappa shape index (κ1) is 17.5. The van der Waals surface area contributed by atoms with Crippen molar-refractivity contribution < 1.29 is 14.5 Å². The molecule has 0 unspecified atom stereocenters. The number of para-hydroxylation sites is 2. The van der Waals surface area contributed by atoms with Crippen LogP contribution in [0.5, 0.6) is 5.75 Å². The Morgan fingerprint density at radius 3 is 2.52 bits per heavy atom. The van der Waals surface area contributed by atoms with E-state index in [-0.39, 0.29) is 11.3 Å². The molecule has 0 heterocycles. The molecule has 0 atom stereocenters. The van der Waals surface area contributed by atoms with E-state index >= 15 is 0 Å². The molecule has 0 saturated heterocycles. The van der Waals surface area contributed by atoms with Crippen LogP contribution in [-0.4, -0.2) is 17.9 Å². The summed E-state index contributed by atoms with van der Waals surface area (Å²) >= 11 is 0. The van der Waals surface area contributed by atoms with E-state index in [4.69, 9.17) is 10.00 Å². The van der Waals surface area contributed by atoms with E-state index in [9.17, 15) is 14.9 Å². The maximum absolute atomic E-state index is 12.2. The number of nitro groups is 1. The topological polar surface area (TPSA) is 117 Å². The predicted octanol–water partition coefficient (Wildman–Crippen LogP) is 3.06. The quantitative estimate of drug-likeness (QED) is 0.362. The summed E-state index contributed by atoms with van der Waals surface area (Å²) in [6.07, 6.45) is 1.23. The van der Waals surface area contributed by atoms with Crippen molar-refractivity contribution in [3.63, 3.8) is 0 Å². The maximum Gasteiger partial charge on any atom is 0.269 e. The van der Waals surface area contributed by atoms with Crippen molar-refractivity contribution in [3.05, 3.63) is 70.4 Å². The molecule has 0 saturated carbocycles. The molecule has 0 fully saturated rings. The SMILES string of the molecule is COc1ccccc1NC(=O)/C(C#N)=C\Nc1ccc([N+](=O)[O-])cc1. The second-order valence-electron chi connectivity index (χ2n) is 4.77. The molecule has 0 bridgehead atoms. The van der Waals surface area contributed by atoms with E-state index in [1.54, 1.807) is 30.3 Å². The molecule has 2 N–H and O–H groups in total. The molecular formula is C17H14N4O4. The average molecular weight is 338 g/mol. The van der Waals surface area contributed by atoms with Gasteiger partial charge in [0.25, 0.3) is 11.6 Å². The van der Waals surface area contributed by atoms with E-state index in [0.717, 1.165) is 0 Å². The second kappa shape index (κ2) is 8.12. The van der Waals surface area contributed by atoms with Gasteiger partial charge in [-0.3, -0.25) is 14.9 Å². The maximum atomic E-state index is 12.2. The average Bonchev–Trinajstić information content (AvgIpc) is 2.63. The summed E-state index contributed by atoms with van der Waals surface area (Å²) in [6.45, 7) is 0. The van der Waals surface area contributed by atoms with E-state index in [2.05, 4.69) is 10.6 Å². The smallest absolute Gasteiger partial charge is 0.269 e. The van der Waals surface area contributed by atoms with Gasteiger partial charge in [-0.2, -0.15) is 5.26 Å². The van der Waals surface area contributed by atoms with Gasteiger partial charge in [0.1, 0.15) is 17.4 Å². The number of nitrogens with zero attached hydrogens (tertiary/aromatic N) is 2. The minimum Gasteiger partial charge on any atom is -0.495 e. The molecule has 0 aliphatic heterocycles. The highest BCUT2D eigenvalue weighted by Gasteiger charge is 2.12. The molecule has 0 aromatic heterocycles. The van der Waals surface area contributed by atoms with Gasteiger partial charge in [0.05, 0.1) is 17.7 Å². The molecule has 0 radical (unpaired) electrons. The normalized spacial score (nSPS) is 10.5. The first-order chi connectivity index (χ1) is 12.0. The minimum atomic E-state index is -0.610. The van der Waals surface area contributed by atoms with Crippen molar-refractivity contribution in [1.82, 2.24) is 0 Å². The molecule has 2 rings (SSSR count). The second-order valence-corrected chi connectivity index (χ2v) is 4.77. The van der Waals surface area contributed by atoms with Gasteiger partial charge in [0.15, 0.2) is 0 Å². The third kappa shape index (κ3) is 4.56. The summed E-state index contributed by atoms with van der Waals surface area (Å²) in [5.41, 5.74) is 0.725. The number of rotatable bonds is 6. The Morgan fingerprint density at radius 2 is 1.92 bits per heavy atom. The molecule has 8 heteroatoms. The molecule has 2 aromatic carbocycles. The van der Waals surface area contributed by atoms with E-state index in [1.807, 2.05) is 0 Å². The number of nitro benzene ring substituents is 1. The fourth-order valence-electron chi connectivity index (χ4n) is 1.92. The zero-order valence-electron chi connectivity index (χ0n) is 13.2. The molecule has 8 nitrogen and oxygen atoms in total. The molecule has 25 heavy (non-hydrogen) atoms. The van der Waals surface area contributed by atoms with Gasteiger partial charge in [-0.05, 0) is 24.3 Å². The highest BCUT2D eigenvalue weighted by Crippen LogP contribution is 2.23. The lowest BCUT2D eigenvalue weighted by Gasteiger charge is -2.09. The molecule has 0 aliphatic carbocycles. The van der Waals surface area contributed by atoms with Crippen molar-refractivity contribution in [2.75, 3.05) is 17.7 Å². The monoisotopic (exact) mass is 338 g/mol. The van der Waals surface area contributed by atoms with Gasteiger partial charge in [-0.25, -0.2) is 0 Å². The van der Waals surface area contributed by atoms with Crippen molar-refractivity contribution >= 4 is 23.0 Å². The van der Waals surface area contributed by atoms with Crippen molar-refractivity contribution in [1.29, 1.82) is 5.26 Å². The van der Waals surface area contributed by atoms with Gasteiger partial charge in [0, 0.05) is 24.0 Å². The Hall–Kier alpha value is -3.86. The lowest BCUT2D eigenvalue weighted by molar-refractivity contribution is -0.384. The summed E-state index contributed by atoms with van der Waals surface area (Å²) in [5, 5.41) is 25.1. The summed E-state index contributed by atoms with van der Waals surface area (Å²) in [7, 11) is 1.47. The first-order valence-corrected chi connectivity index (χ1v) is 7.10. The number of hydrogen-bond acceptors (Lipinski definition) is 6. The number of nitrogens with one attached hydrogen (secondary N) is 2. The zero-order valence-corrected chi connectivity index (χ0v) is 13.2. The Morgan fingerprint density at radius 1 is 1.24 bits per heavy atom. The Bertz CT molecular complexity index is 854. The number of ether oxygens (including phenoxy) is 1. The van der Waals surface area contributed by atoms with Crippen molar-refractivity contribution in [2.45, 2.75) is 0 Å². The highest BCUT2D eigenvalue weighted by molar-refractivity contribution is 6.07. The fraction of sp³-hybridized carbons (Fsp3) is 0.0588. The van der Waals surface area contributed by atoms with Crippen LogP contribution in [0.15, 0.2) is 60.3 Å². The Labute approximate surface area is 143 Å². The van der Waals surface area contributed by atoms with Gasteiger partial charge in [-0.15, -0.1) is 0 Å². The molecule has 1 amide bonds. The summed E-state index contributed by atoms with van der Waals surface area (Å²) in [5.74, 6) is -0.141. The number of carbonyl (C=O) groups excluding carboxylic acids is 1. The van der Waals surface area contributed by atoms with Gasteiger partial charge < -0.3 is 15.4 Å². The number of amides is 1. The molecule has 0 spiro atoms. The lowest BCUT2D eigenvalue weighted by atomic mass is 10.2. The summed E-state index contributed by atoms with van der Waals surface area (Å²) in [4.78, 5) is 22.3. The van der Waals surface area contributed by atoms with Crippen LogP contribution in [0.3, 0.4) is 0 Å². The number of benzene rings is 2. The fourth-order valence-corrected chi connectivity index (χ4v) is 1.92. The van der Waals surface area contributed by atoms with Crippen molar-refractivity contribution in [2.24, 2.45) is 0 Å². The molecule has 2 aromatic rings. The van der Waals surface area contributed by atoms with Crippen molar-refractivity contribution in [3.8, 4) is 11.8 Å². The zero-order chi connectivity index (χ0) is 18.2. The Balaban J connectivity index is 2.10. The van der Waals surface area contributed by atoms with Crippen LogP contribution in [0, 0.1) is 21.4 Å². The number of methoxy groups -OCH3 is 1. The number of anilines is 2. The predicted molar refractivity (Wildman–Crippen MR) is 92.0 cm³/mol. The van der Waals surface area contributed by atoms with Crippen LogP contribution in [0.2, 0.25) is 0 Å². The van der Waals surface area contributed by atoms with Crippen LogP contribution in [0.1, 0.15) is 0 Å². The van der Waals surface area contributed by atoms with E-state index < -0.39 is 10.8 Å². The molecule has 126 valence electrons. The lowest BCUT2D eigenvalue weighted by Crippen LogP contribution is -2.15. The third-order valence-electron chi connectivity index (χ3n) is 3.18. The number of nitriles is 1. The first-order valence-electron chi connectivity index (χ1n) is 7.10. The number of non-ortho nitro benzene ring substituents is 1. The van der Waals surface area contributed by atoms with Gasteiger partial charge >= 0.3 is 0 Å². The standard InChI is InChI=1S/C17H14N4O4/c1-25-16-5-3-2-4-15(16)20-17(22)12(10-18)11-19-13-6-8-14(9-7-13)21(23)24/h2-9,11,19H,1H3,(H,20,22)/b12-11-. The summed E-state index contributed by atoms with van der Waals surface area (Å²) in [6, 6.07) is 14.2. The van der Waals surface area contributed by atoms with Crippen LogP contribution in [-0.2, 0) is 4.79 Å². The third-order valence-corrected chi connectivity index (χ3v) is 3.18. The van der Waals surface area contributed by atoms with E-state index in [1.165, 1.54) is 37.6 Å². The molecule has 0 aliphatic rings. The minimum absolute atomic E-state index is 0.0519. The van der Waals surface area contributed by atoms with Crippen LogP contribution < -0.4 is 15.4 Å². The highest BCUT2D eigenvalue weighted by atomic mass is 16.6. The number of carbonyl (C=O) groups is 1.